The van der Waals surface area contributed by atoms with E-state index in [1.165, 1.54) is 7.11 Å². The third-order valence-corrected chi connectivity index (χ3v) is 1.97. The SMILES string of the molecule is CO[C@@H]1CC(O)O[C@H](C)[C@@H]1O. The molecule has 1 saturated heterocycles. The summed E-state index contributed by atoms with van der Waals surface area (Å²) in [4.78, 5) is 0. The molecule has 1 heterocycles. The average molecular weight is 162 g/mol. The molecule has 0 radical (unpaired) electrons. The number of methoxy groups -OCH3 is 1. The largest absolute Gasteiger partial charge is 0.388 e. The number of aliphatic hydroxyl groups excluding tert-OH is 2. The van der Waals surface area contributed by atoms with E-state index in [0.29, 0.717) is 6.42 Å². The number of hydrogen-bond donors (Lipinski definition) is 2. The zero-order chi connectivity index (χ0) is 8.43. The second kappa shape index (κ2) is 3.49. The second-order valence-corrected chi connectivity index (χ2v) is 2.80. The predicted octanol–water partition coefficient (Wildman–Crippen LogP) is -0.510. The highest BCUT2D eigenvalue weighted by atomic mass is 16.6. The highest BCUT2D eigenvalue weighted by Gasteiger charge is 2.34. The maximum Gasteiger partial charge on any atom is 0.157 e. The van der Waals surface area contributed by atoms with Crippen molar-refractivity contribution < 1.29 is 19.7 Å². The van der Waals surface area contributed by atoms with Crippen LogP contribution in [-0.2, 0) is 9.47 Å². The Bertz CT molecular complexity index is 128. The number of hydrogen-bond acceptors (Lipinski definition) is 4. The van der Waals surface area contributed by atoms with Gasteiger partial charge in [-0.05, 0) is 6.92 Å². The van der Waals surface area contributed by atoms with Gasteiger partial charge < -0.3 is 19.7 Å². The van der Waals surface area contributed by atoms with E-state index >= 15 is 0 Å². The smallest absolute Gasteiger partial charge is 0.157 e. The summed E-state index contributed by atoms with van der Waals surface area (Å²) >= 11 is 0. The lowest BCUT2D eigenvalue weighted by molar-refractivity contribution is -0.231. The van der Waals surface area contributed by atoms with Gasteiger partial charge in [-0.15, -0.1) is 0 Å². The molecule has 0 saturated carbocycles. The Kier molecular flexibility index (Phi) is 2.84. The minimum atomic E-state index is -0.807. The fourth-order valence-corrected chi connectivity index (χ4v) is 1.26. The Morgan fingerprint density at radius 2 is 2.09 bits per heavy atom. The van der Waals surface area contributed by atoms with Crippen molar-refractivity contribution in [1.29, 1.82) is 0 Å². The van der Waals surface area contributed by atoms with Gasteiger partial charge in [-0.1, -0.05) is 0 Å². The second-order valence-electron chi connectivity index (χ2n) is 2.80. The summed E-state index contributed by atoms with van der Waals surface area (Å²) in [5.74, 6) is 0. The molecule has 0 aromatic carbocycles. The molecular formula is C7H14O4. The molecule has 0 aromatic heterocycles. The molecular weight excluding hydrogens is 148 g/mol. The first-order valence-electron chi connectivity index (χ1n) is 3.69. The van der Waals surface area contributed by atoms with Crippen LogP contribution in [0.4, 0.5) is 0 Å². The Hall–Kier alpha value is -0.160. The molecule has 0 aromatic rings. The maximum atomic E-state index is 9.39. The zero-order valence-electron chi connectivity index (χ0n) is 6.73. The fraction of sp³-hybridized carbons (Fsp3) is 1.00. The van der Waals surface area contributed by atoms with Crippen LogP contribution >= 0.6 is 0 Å². The van der Waals surface area contributed by atoms with Crippen molar-refractivity contribution >= 4 is 0 Å². The van der Waals surface area contributed by atoms with E-state index in [2.05, 4.69) is 0 Å². The summed E-state index contributed by atoms with van der Waals surface area (Å²) in [6, 6.07) is 0. The molecule has 0 amide bonds. The average Bonchev–Trinajstić information content (AvgIpc) is 1.96. The summed E-state index contributed by atoms with van der Waals surface area (Å²) in [6.45, 7) is 1.71. The van der Waals surface area contributed by atoms with Gasteiger partial charge >= 0.3 is 0 Å². The van der Waals surface area contributed by atoms with Crippen molar-refractivity contribution in [1.82, 2.24) is 0 Å². The van der Waals surface area contributed by atoms with Crippen molar-refractivity contribution in [2.24, 2.45) is 0 Å². The molecule has 2 N–H and O–H groups in total. The molecule has 0 aliphatic carbocycles. The van der Waals surface area contributed by atoms with Crippen LogP contribution in [0.1, 0.15) is 13.3 Å². The molecule has 11 heavy (non-hydrogen) atoms. The van der Waals surface area contributed by atoms with E-state index < -0.39 is 12.4 Å². The van der Waals surface area contributed by atoms with Crippen LogP contribution in [0.25, 0.3) is 0 Å². The third kappa shape index (κ3) is 1.90. The fourth-order valence-electron chi connectivity index (χ4n) is 1.26. The van der Waals surface area contributed by atoms with E-state index in [0.717, 1.165) is 0 Å². The van der Waals surface area contributed by atoms with Gasteiger partial charge in [-0.2, -0.15) is 0 Å². The summed E-state index contributed by atoms with van der Waals surface area (Å²) in [7, 11) is 1.51. The molecule has 4 nitrogen and oxygen atoms in total. The Morgan fingerprint density at radius 3 is 2.64 bits per heavy atom. The number of ether oxygens (including phenoxy) is 2. The van der Waals surface area contributed by atoms with E-state index in [4.69, 9.17) is 14.6 Å². The standard InChI is InChI=1S/C7H14O4/c1-4-7(9)5(10-2)3-6(8)11-4/h4-9H,3H2,1-2H3/t4-,5-,6?,7+/m1/s1. The highest BCUT2D eigenvalue weighted by Crippen LogP contribution is 2.20. The van der Waals surface area contributed by atoms with Gasteiger partial charge in [0.25, 0.3) is 0 Å². The van der Waals surface area contributed by atoms with Crippen molar-refractivity contribution in [3.63, 3.8) is 0 Å². The summed E-state index contributed by atoms with van der Waals surface area (Å²) in [6.07, 6.45) is -1.78. The third-order valence-electron chi connectivity index (χ3n) is 1.97. The first kappa shape index (κ1) is 8.93. The Morgan fingerprint density at radius 1 is 1.45 bits per heavy atom. The number of rotatable bonds is 1. The molecule has 1 rings (SSSR count). The molecule has 4 atom stereocenters. The van der Waals surface area contributed by atoms with Gasteiger partial charge in [0, 0.05) is 13.5 Å². The van der Waals surface area contributed by atoms with E-state index in [9.17, 15) is 5.11 Å². The van der Waals surface area contributed by atoms with Crippen LogP contribution in [0, 0.1) is 0 Å². The highest BCUT2D eigenvalue weighted by molar-refractivity contribution is 4.80. The van der Waals surface area contributed by atoms with Crippen molar-refractivity contribution in [3.05, 3.63) is 0 Å². The van der Waals surface area contributed by atoms with Crippen molar-refractivity contribution in [3.8, 4) is 0 Å². The number of aliphatic hydroxyl groups is 2. The molecule has 4 heteroatoms. The first-order valence-corrected chi connectivity index (χ1v) is 3.69. The molecule has 0 bridgehead atoms. The summed E-state index contributed by atoms with van der Waals surface area (Å²) < 4.78 is 9.91. The topological polar surface area (TPSA) is 58.9 Å². The van der Waals surface area contributed by atoms with Crippen LogP contribution in [-0.4, -0.2) is 41.9 Å². The lowest BCUT2D eigenvalue weighted by atomic mass is 10.0. The normalized spacial score (nSPS) is 45.8. The molecule has 1 unspecified atom stereocenters. The molecule has 66 valence electrons. The maximum absolute atomic E-state index is 9.39. The van der Waals surface area contributed by atoms with E-state index in [1.54, 1.807) is 6.92 Å². The van der Waals surface area contributed by atoms with E-state index in [-0.39, 0.29) is 12.2 Å². The van der Waals surface area contributed by atoms with Gasteiger partial charge in [-0.25, -0.2) is 0 Å². The minimum Gasteiger partial charge on any atom is -0.388 e. The quantitative estimate of drug-likeness (QED) is 0.545. The minimum absolute atomic E-state index is 0.311. The molecule has 0 spiro atoms. The van der Waals surface area contributed by atoms with Crippen LogP contribution in [0.15, 0.2) is 0 Å². The van der Waals surface area contributed by atoms with Crippen LogP contribution in [0.5, 0.6) is 0 Å². The van der Waals surface area contributed by atoms with Crippen LogP contribution in [0.3, 0.4) is 0 Å². The van der Waals surface area contributed by atoms with Gasteiger partial charge in [0.05, 0.1) is 12.2 Å². The molecule has 1 aliphatic heterocycles. The summed E-state index contributed by atoms with van der Waals surface area (Å²) in [5.41, 5.74) is 0. The molecule has 1 fully saturated rings. The van der Waals surface area contributed by atoms with Gasteiger partial charge in [0.15, 0.2) is 6.29 Å². The van der Waals surface area contributed by atoms with Gasteiger partial charge in [0.1, 0.15) is 6.10 Å². The van der Waals surface area contributed by atoms with Crippen molar-refractivity contribution in [2.45, 2.75) is 37.9 Å². The lowest BCUT2D eigenvalue weighted by Crippen LogP contribution is -2.47. The zero-order valence-corrected chi connectivity index (χ0v) is 6.73. The summed E-state index contributed by atoms with van der Waals surface area (Å²) in [5, 5.41) is 18.5. The monoisotopic (exact) mass is 162 g/mol. The van der Waals surface area contributed by atoms with E-state index in [1.807, 2.05) is 0 Å². The predicted molar refractivity (Wildman–Crippen MR) is 38.0 cm³/mol. The van der Waals surface area contributed by atoms with Crippen molar-refractivity contribution in [2.75, 3.05) is 7.11 Å². The van der Waals surface area contributed by atoms with Gasteiger partial charge in [-0.3, -0.25) is 0 Å². The Labute approximate surface area is 65.7 Å². The van der Waals surface area contributed by atoms with Gasteiger partial charge in [0.2, 0.25) is 0 Å². The van der Waals surface area contributed by atoms with Crippen LogP contribution in [0.2, 0.25) is 0 Å². The van der Waals surface area contributed by atoms with Crippen LogP contribution < -0.4 is 0 Å². The Balaban J connectivity index is 2.51. The lowest BCUT2D eigenvalue weighted by Gasteiger charge is -2.34. The molecule has 1 aliphatic rings. The first-order chi connectivity index (χ1) is 5.15.